The predicted molar refractivity (Wildman–Crippen MR) is 83.2 cm³/mol. The van der Waals surface area contributed by atoms with Gasteiger partial charge in [0.2, 0.25) is 0 Å². The minimum absolute atomic E-state index is 0.228. The van der Waals surface area contributed by atoms with Crippen LogP contribution in [-0.4, -0.2) is 19.6 Å². The van der Waals surface area contributed by atoms with Crippen LogP contribution in [-0.2, 0) is 12.7 Å². The lowest BCUT2D eigenvalue weighted by Crippen LogP contribution is -2.25. The summed E-state index contributed by atoms with van der Waals surface area (Å²) >= 11 is 3.08. The first kappa shape index (κ1) is 18.5. The molecule has 21 heavy (non-hydrogen) atoms. The average Bonchev–Trinajstić information content (AvgIpc) is 2.37. The van der Waals surface area contributed by atoms with E-state index in [1.165, 1.54) is 6.07 Å². The fraction of sp³-hybridized carbons (Fsp3) is 0.600. The molecule has 0 heterocycles. The van der Waals surface area contributed by atoms with E-state index in [2.05, 4.69) is 40.4 Å². The van der Waals surface area contributed by atoms with E-state index in [1.807, 2.05) is 0 Å². The first-order valence-corrected chi connectivity index (χ1v) is 7.87. The molecule has 0 unspecified atom stereocenters. The zero-order valence-electron chi connectivity index (χ0n) is 12.4. The Kier molecular flexibility index (Phi) is 7.70. The van der Waals surface area contributed by atoms with Crippen LogP contribution in [0.4, 0.5) is 13.2 Å². The summed E-state index contributed by atoms with van der Waals surface area (Å²) in [6.45, 7) is 7.03. The molecule has 0 atom stereocenters. The van der Waals surface area contributed by atoms with E-state index < -0.39 is 11.7 Å². The van der Waals surface area contributed by atoms with E-state index in [0.29, 0.717) is 16.9 Å². The van der Waals surface area contributed by atoms with Gasteiger partial charge in [-0.2, -0.15) is 13.2 Å². The first-order valence-electron chi connectivity index (χ1n) is 7.07. The molecule has 0 spiro atoms. The predicted octanol–water partition coefficient (Wildman–Crippen LogP) is 4.19. The molecule has 0 saturated carbocycles. The van der Waals surface area contributed by atoms with Crippen molar-refractivity contribution in [2.45, 2.75) is 33.0 Å². The van der Waals surface area contributed by atoms with Crippen molar-refractivity contribution >= 4 is 15.9 Å². The highest BCUT2D eigenvalue weighted by molar-refractivity contribution is 9.10. The monoisotopic (exact) mass is 366 g/mol. The maximum absolute atomic E-state index is 12.9. The highest BCUT2D eigenvalue weighted by Gasteiger charge is 2.33. The summed E-state index contributed by atoms with van der Waals surface area (Å²) < 4.78 is 39.2. The van der Waals surface area contributed by atoms with Crippen molar-refractivity contribution in [1.82, 2.24) is 10.6 Å². The lowest BCUT2D eigenvalue weighted by molar-refractivity contribution is -0.138. The number of alkyl halides is 3. The molecule has 1 rings (SSSR count). The Morgan fingerprint density at radius 1 is 1.14 bits per heavy atom. The van der Waals surface area contributed by atoms with Gasteiger partial charge in [-0.1, -0.05) is 35.8 Å². The van der Waals surface area contributed by atoms with E-state index in [4.69, 9.17) is 0 Å². The summed E-state index contributed by atoms with van der Waals surface area (Å²) in [4.78, 5) is 0. The van der Waals surface area contributed by atoms with Gasteiger partial charge in [0, 0.05) is 11.0 Å². The molecule has 0 aliphatic heterocycles. The fourth-order valence-corrected chi connectivity index (χ4v) is 2.28. The SMILES string of the molecule is CC(C)CNCCCNCc1ccc(Br)cc1C(F)(F)F. The Morgan fingerprint density at radius 2 is 1.81 bits per heavy atom. The average molecular weight is 367 g/mol. The Hall–Kier alpha value is -0.590. The zero-order valence-corrected chi connectivity index (χ0v) is 13.9. The van der Waals surface area contributed by atoms with E-state index in [1.54, 1.807) is 6.07 Å². The van der Waals surface area contributed by atoms with Gasteiger partial charge in [-0.15, -0.1) is 0 Å². The minimum atomic E-state index is -4.32. The highest BCUT2D eigenvalue weighted by atomic mass is 79.9. The minimum Gasteiger partial charge on any atom is -0.316 e. The van der Waals surface area contributed by atoms with E-state index in [-0.39, 0.29) is 12.1 Å². The third-order valence-electron chi connectivity index (χ3n) is 2.95. The molecule has 0 saturated heterocycles. The van der Waals surface area contributed by atoms with Gasteiger partial charge in [0.25, 0.3) is 0 Å². The fourth-order valence-electron chi connectivity index (χ4n) is 1.92. The Balaban J connectivity index is 2.39. The smallest absolute Gasteiger partial charge is 0.316 e. The van der Waals surface area contributed by atoms with Crippen LogP contribution in [0.25, 0.3) is 0 Å². The summed E-state index contributed by atoms with van der Waals surface area (Å²) in [5.74, 6) is 0.607. The second-order valence-corrected chi connectivity index (χ2v) is 6.34. The molecule has 0 aliphatic carbocycles. The Bertz CT molecular complexity index is 433. The number of nitrogens with one attached hydrogen (secondary N) is 2. The normalized spacial score (nSPS) is 12.1. The van der Waals surface area contributed by atoms with Crippen LogP contribution in [0.15, 0.2) is 22.7 Å². The van der Waals surface area contributed by atoms with Crippen molar-refractivity contribution in [2.75, 3.05) is 19.6 Å². The van der Waals surface area contributed by atoms with Crippen LogP contribution in [0.1, 0.15) is 31.4 Å². The van der Waals surface area contributed by atoms with Crippen molar-refractivity contribution in [3.05, 3.63) is 33.8 Å². The molecular weight excluding hydrogens is 345 g/mol. The second kappa shape index (κ2) is 8.76. The van der Waals surface area contributed by atoms with Gasteiger partial charge >= 0.3 is 6.18 Å². The van der Waals surface area contributed by atoms with Crippen LogP contribution in [0.5, 0.6) is 0 Å². The van der Waals surface area contributed by atoms with E-state index in [0.717, 1.165) is 25.6 Å². The molecule has 1 aromatic rings. The summed E-state index contributed by atoms with van der Waals surface area (Å²) in [6, 6.07) is 4.27. The molecular formula is C15H22BrF3N2. The topological polar surface area (TPSA) is 24.1 Å². The van der Waals surface area contributed by atoms with Gasteiger partial charge < -0.3 is 10.6 Å². The number of hydrogen-bond acceptors (Lipinski definition) is 2. The van der Waals surface area contributed by atoms with Crippen molar-refractivity contribution in [3.63, 3.8) is 0 Å². The van der Waals surface area contributed by atoms with Gasteiger partial charge in [0.1, 0.15) is 0 Å². The molecule has 2 N–H and O–H groups in total. The van der Waals surface area contributed by atoms with Gasteiger partial charge in [0.05, 0.1) is 5.56 Å². The van der Waals surface area contributed by atoms with Crippen LogP contribution in [0, 0.1) is 5.92 Å². The molecule has 120 valence electrons. The molecule has 0 fully saturated rings. The van der Waals surface area contributed by atoms with E-state index in [9.17, 15) is 13.2 Å². The molecule has 1 aromatic carbocycles. The van der Waals surface area contributed by atoms with Crippen LogP contribution in [0.3, 0.4) is 0 Å². The number of hydrogen-bond donors (Lipinski definition) is 2. The van der Waals surface area contributed by atoms with Gasteiger partial charge in [0.15, 0.2) is 0 Å². The van der Waals surface area contributed by atoms with E-state index >= 15 is 0 Å². The zero-order chi connectivity index (χ0) is 15.9. The number of benzene rings is 1. The number of halogens is 4. The molecule has 6 heteroatoms. The molecule has 0 aromatic heterocycles. The molecule has 0 aliphatic rings. The summed E-state index contributed by atoms with van der Waals surface area (Å²) in [5, 5.41) is 6.37. The third-order valence-corrected chi connectivity index (χ3v) is 3.45. The lowest BCUT2D eigenvalue weighted by Gasteiger charge is -2.14. The van der Waals surface area contributed by atoms with Gasteiger partial charge in [-0.05, 0) is 49.7 Å². The maximum Gasteiger partial charge on any atom is 0.416 e. The van der Waals surface area contributed by atoms with Crippen LogP contribution < -0.4 is 10.6 Å². The maximum atomic E-state index is 12.9. The second-order valence-electron chi connectivity index (χ2n) is 5.43. The van der Waals surface area contributed by atoms with Crippen molar-refractivity contribution < 1.29 is 13.2 Å². The van der Waals surface area contributed by atoms with Gasteiger partial charge in [-0.3, -0.25) is 0 Å². The van der Waals surface area contributed by atoms with Crippen molar-refractivity contribution in [2.24, 2.45) is 5.92 Å². The van der Waals surface area contributed by atoms with Crippen molar-refractivity contribution in [1.29, 1.82) is 0 Å². The number of rotatable bonds is 8. The standard InChI is InChI=1S/C15H22BrF3N2/c1-11(2)9-20-6-3-7-21-10-12-4-5-13(16)8-14(12)15(17,18)19/h4-5,8,11,20-21H,3,6-7,9-10H2,1-2H3. The molecule has 0 bridgehead atoms. The van der Waals surface area contributed by atoms with Crippen LogP contribution >= 0.6 is 15.9 Å². The Morgan fingerprint density at radius 3 is 2.43 bits per heavy atom. The highest BCUT2D eigenvalue weighted by Crippen LogP contribution is 2.33. The Labute approximate surface area is 132 Å². The largest absolute Gasteiger partial charge is 0.416 e. The van der Waals surface area contributed by atoms with Crippen molar-refractivity contribution in [3.8, 4) is 0 Å². The summed E-state index contributed by atoms with van der Waals surface area (Å²) in [6.07, 6.45) is -3.43. The summed E-state index contributed by atoms with van der Waals surface area (Å²) in [5.41, 5.74) is -0.303. The van der Waals surface area contributed by atoms with Crippen LogP contribution in [0.2, 0.25) is 0 Å². The third kappa shape index (κ3) is 7.29. The molecule has 0 radical (unpaired) electrons. The first-order chi connectivity index (χ1) is 9.80. The molecule has 0 amide bonds. The lowest BCUT2D eigenvalue weighted by atomic mass is 10.1. The molecule has 2 nitrogen and oxygen atoms in total. The van der Waals surface area contributed by atoms with Gasteiger partial charge in [-0.25, -0.2) is 0 Å². The summed E-state index contributed by atoms with van der Waals surface area (Å²) in [7, 11) is 0. The quantitative estimate of drug-likeness (QED) is 0.674.